The molecule has 2 aromatic rings. The van der Waals surface area contributed by atoms with Crippen LogP contribution in [0, 0.1) is 0 Å². The van der Waals surface area contributed by atoms with Crippen LogP contribution in [0.5, 0.6) is 0 Å². The zero-order valence-electron chi connectivity index (χ0n) is 13.6. The van der Waals surface area contributed by atoms with E-state index in [1.807, 2.05) is 32.2 Å². The first-order valence-corrected chi connectivity index (χ1v) is 9.60. The van der Waals surface area contributed by atoms with Crippen molar-refractivity contribution in [3.05, 3.63) is 67.1 Å². The van der Waals surface area contributed by atoms with Gasteiger partial charge in [-0.2, -0.15) is 13.2 Å². The Morgan fingerprint density at radius 1 is 1.08 bits per heavy atom. The minimum absolute atomic E-state index is 0.0504. The standard InChI is InChI=1S/C18H17Br2ClF3N/c1-10(11-5-3-6-12(17(11)21)18(22,23)24)9-15(25-2)16-13(19)7-4-8-14(16)20/h3-8,10,15,25H,9H2,1-2H3. The number of benzene rings is 2. The molecule has 25 heavy (non-hydrogen) atoms. The Morgan fingerprint density at radius 2 is 1.64 bits per heavy atom. The third kappa shape index (κ3) is 4.79. The average Bonchev–Trinajstić information content (AvgIpc) is 2.52. The second-order valence-corrected chi connectivity index (χ2v) is 7.91. The molecule has 1 nitrogen and oxygen atoms in total. The van der Waals surface area contributed by atoms with Gasteiger partial charge in [-0.1, -0.05) is 68.6 Å². The lowest BCUT2D eigenvalue weighted by molar-refractivity contribution is -0.137. The smallest absolute Gasteiger partial charge is 0.313 e. The first-order chi connectivity index (χ1) is 11.7. The fraction of sp³-hybridized carbons (Fsp3) is 0.333. The van der Waals surface area contributed by atoms with Crippen molar-refractivity contribution in [2.75, 3.05) is 7.05 Å². The Bertz CT molecular complexity index is 729. The van der Waals surface area contributed by atoms with E-state index in [1.165, 1.54) is 6.07 Å². The van der Waals surface area contributed by atoms with Crippen molar-refractivity contribution in [2.45, 2.75) is 31.5 Å². The highest BCUT2D eigenvalue weighted by Gasteiger charge is 2.34. The van der Waals surface area contributed by atoms with Crippen LogP contribution in [-0.2, 0) is 6.18 Å². The van der Waals surface area contributed by atoms with Gasteiger partial charge in [0.25, 0.3) is 0 Å². The predicted octanol–water partition coefficient (Wildman–Crippen LogP) is 7.34. The molecule has 0 aliphatic carbocycles. The molecule has 0 amide bonds. The molecule has 1 N–H and O–H groups in total. The highest BCUT2D eigenvalue weighted by atomic mass is 79.9. The average molecular weight is 500 g/mol. The van der Waals surface area contributed by atoms with E-state index in [0.29, 0.717) is 12.0 Å². The largest absolute Gasteiger partial charge is 0.417 e. The second kappa shape index (κ2) is 8.42. The van der Waals surface area contributed by atoms with Crippen molar-refractivity contribution in [1.29, 1.82) is 0 Å². The molecule has 0 bridgehead atoms. The summed E-state index contributed by atoms with van der Waals surface area (Å²) in [5.74, 6) is -0.161. The molecule has 0 aliphatic rings. The van der Waals surface area contributed by atoms with E-state index in [0.717, 1.165) is 20.6 Å². The van der Waals surface area contributed by atoms with E-state index in [2.05, 4.69) is 37.2 Å². The van der Waals surface area contributed by atoms with Gasteiger partial charge >= 0.3 is 6.18 Å². The molecule has 2 atom stereocenters. The minimum atomic E-state index is -4.46. The first kappa shape index (κ1) is 20.7. The molecular weight excluding hydrogens is 482 g/mol. The van der Waals surface area contributed by atoms with Crippen LogP contribution < -0.4 is 5.32 Å². The lowest BCUT2D eigenvalue weighted by Gasteiger charge is -2.24. The van der Waals surface area contributed by atoms with Crippen molar-refractivity contribution in [2.24, 2.45) is 0 Å². The fourth-order valence-corrected chi connectivity index (χ4v) is 4.82. The summed E-state index contributed by atoms with van der Waals surface area (Å²) in [5, 5.41) is 3.02. The van der Waals surface area contributed by atoms with Crippen molar-refractivity contribution in [3.8, 4) is 0 Å². The van der Waals surface area contributed by atoms with Crippen LogP contribution in [0.1, 0.15) is 42.0 Å². The van der Waals surface area contributed by atoms with Gasteiger partial charge in [0, 0.05) is 15.0 Å². The quantitative estimate of drug-likeness (QED) is 0.454. The van der Waals surface area contributed by atoms with Crippen LogP contribution in [0.3, 0.4) is 0 Å². The van der Waals surface area contributed by atoms with Crippen LogP contribution in [-0.4, -0.2) is 7.05 Å². The molecular formula is C18H17Br2ClF3N. The topological polar surface area (TPSA) is 12.0 Å². The predicted molar refractivity (Wildman–Crippen MR) is 103 cm³/mol. The second-order valence-electron chi connectivity index (χ2n) is 5.82. The van der Waals surface area contributed by atoms with E-state index >= 15 is 0 Å². The molecule has 0 saturated carbocycles. The third-order valence-corrected chi connectivity index (χ3v) is 5.96. The molecule has 2 unspecified atom stereocenters. The normalized spacial score (nSPS) is 14.4. The summed E-state index contributed by atoms with van der Waals surface area (Å²) in [4.78, 5) is 0. The van der Waals surface area contributed by atoms with Crippen molar-refractivity contribution in [3.63, 3.8) is 0 Å². The van der Waals surface area contributed by atoms with Gasteiger partial charge in [0.2, 0.25) is 0 Å². The maximum absolute atomic E-state index is 13.1. The SMILES string of the molecule is CNC(CC(C)c1cccc(C(F)(F)F)c1Cl)c1c(Br)cccc1Br. The molecule has 0 spiro atoms. The zero-order chi connectivity index (χ0) is 18.8. The summed E-state index contributed by atoms with van der Waals surface area (Å²) in [6.07, 6.45) is -3.86. The molecule has 136 valence electrons. The van der Waals surface area contributed by atoms with Gasteiger partial charge in [-0.05, 0) is 48.7 Å². The number of hydrogen-bond donors (Lipinski definition) is 1. The van der Waals surface area contributed by atoms with Crippen LogP contribution in [0.4, 0.5) is 13.2 Å². The van der Waals surface area contributed by atoms with Gasteiger partial charge in [0.15, 0.2) is 0 Å². The van der Waals surface area contributed by atoms with Crippen LogP contribution in [0.15, 0.2) is 45.3 Å². The Balaban J connectivity index is 2.34. The molecule has 2 aromatic carbocycles. The summed E-state index contributed by atoms with van der Waals surface area (Å²) >= 11 is 13.1. The summed E-state index contributed by atoms with van der Waals surface area (Å²) in [5.41, 5.74) is 0.737. The van der Waals surface area contributed by atoms with Crippen molar-refractivity contribution < 1.29 is 13.2 Å². The molecule has 7 heteroatoms. The van der Waals surface area contributed by atoms with Crippen LogP contribution >= 0.6 is 43.5 Å². The van der Waals surface area contributed by atoms with E-state index in [-0.39, 0.29) is 17.0 Å². The van der Waals surface area contributed by atoms with Crippen LogP contribution in [0.2, 0.25) is 5.02 Å². The minimum Gasteiger partial charge on any atom is -0.313 e. The van der Waals surface area contributed by atoms with E-state index < -0.39 is 11.7 Å². The highest BCUT2D eigenvalue weighted by Crippen LogP contribution is 2.41. The van der Waals surface area contributed by atoms with Crippen molar-refractivity contribution in [1.82, 2.24) is 5.32 Å². The number of alkyl halides is 3. The van der Waals surface area contributed by atoms with E-state index in [9.17, 15) is 13.2 Å². The van der Waals surface area contributed by atoms with Gasteiger partial charge in [-0.3, -0.25) is 0 Å². The Morgan fingerprint density at radius 3 is 2.16 bits per heavy atom. The van der Waals surface area contributed by atoms with Gasteiger partial charge < -0.3 is 5.32 Å². The summed E-state index contributed by atoms with van der Waals surface area (Å²) < 4.78 is 41.1. The third-order valence-electron chi connectivity index (χ3n) is 4.15. The zero-order valence-corrected chi connectivity index (χ0v) is 17.5. The van der Waals surface area contributed by atoms with E-state index in [1.54, 1.807) is 6.07 Å². The lowest BCUT2D eigenvalue weighted by Crippen LogP contribution is -2.20. The molecule has 2 rings (SSSR count). The monoisotopic (exact) mass is 497 g/mol. The Hall–Kier alpha value is -0.560. The summed E-state index contributed by atoms with van der Waals surface area (Å²) in [6, 6.07) is 9.81. The number of nitrogens with one attached hydrogen (secondary N) is 1. The molecule has 0 fully saturated rings. The lowest BCUT2D eigenvalue weighted by atomic mass is 9.89. The Labute approximate surface area is 167 Å². The molecule has 0 aromatic heterocycles. The van der Waals surface area contributed by atoms with Gasteiger partial charge in [-0.15, -0.1) is 0 Å². The molecule has 0 saturated heterocycles. The van der Waals surface area contributed by atoms with Crippen molar-refractivity contribution >= 4 is 43.5 Å². The molecule has 0 aliphatic heterocycles. The first-order valence-electron chi connectivity index (χ1n) is 7.63. The highest BCUT2D eigenvalue weighted by molar-refractivity contribution is 9.11. The molecule has 0 radical (unpaired) electrons. The number of halogens is 6. The molecule has 0 heterocycles. The van der Waals surface area contributed by atoms with Gasteiger partial charge in [0.1, 0.15) is 0 Å². The van der Waals surface area contributed by atoms with E-state index in [4.69, 9.17) is 11.6 Å². The maximum atomic E-state index is 13.1. The maximum Gasteiger partial charge on any atom is 0.417 e. The van der Waals surface area contributed by atoms with Gasteiger partial charge in [-0.25, -0.2) is 0 Å². The van der Waals surface area contributed by atoms with Crippen LogP contribution in [0.25, 0.3) is 0 Å². The number of hydrogen-bond acceptors (Lipinski definition) is 1. The Kier molecular flexibility index (Phi) is 6.99. The number of rotatable bonds is 5. The van der Waals surface area contributed by atoms with Gasteiger partial charge in [0.05, 0.1) is 10.6 Å². The summed E-state index contributed by atoms with van der Waals surface area (Å²) in [7, 11) is 1.83. The fourth-order valence-electron chi connectivity index (χ4n) is 2.85. The summed E-state index contributed by atoms with van der Waals surface area (Å²) in [6.45, 7) is 1.89.